The third-order valence-corrected chi connectivity index (χ3v) is 12.7. The lowest BCUT2D eigenvalue weighted by Gasteiger charge is -2.45. The summed E-state index contributed by atoms with van der Waals surface area (Å²) in [5, 5.41) is 0. The van der Waals surface area contributed by atoms with Crippen molar-refractivity contribution in [1.82, 2.24) is 0 Å². The van der Waals surface area contributed by atoms with Crippen molar-refractivity contribution in [2.45, 2.75) is 37.2 Å². The van der Waals surface area contributed by atoms with Crippen LogP contribution in [0.15, 0.2) is 66.5 Å². The predicted octanol–water partition coefficient (Wildman–Crippen LogP) is 7.45. The molecule has 7 heteroatoms. The molecule has 0 spiro atoms. The Kier molecular flexibility index (Phi) is 7.50. The van der Waals surface area contributed by atoms with E-state index in [9.17, 15) is 8.42 Å². The van der Waals surface area contributed by atoms with E-state index in [1.165, 1.54) is 0 Å². The lowest BCUT2D eigenvalue weighted by atomic mass is 9.87. The van der Waals surface area contributed by atoms with Crippen LogP contribution in [-0.2, 0) is 9.84 Å². The van der Waals surface area contributed by atoms with Crippen molar-refractivity contribution in [3.8, 4) is 0 Å². The zero-order valence-corrected chi connectivity index (χ0v) is 22.7. The SMILES string of the molecule is CC=CC1C(Br)=C(Br)C=CC1(C)S(=O)(=O)C1(C)C=CC(Br)=C(Br)C1C=CC. The Morgan fingerprint density at radius 2 is 1.15 bits per heavy atom. The minimum absolute atomic E-state index is 0.323. The first-order chi connectivity index (χ1) is 12.5. The van der Waals surface area contributed by atoms with Crippen molar-refractivity contribution in [3.05, 3.63) is 66.5 Å². The molecule has 4 unspecified atom stereocenters. The zero-order chi connectivity index (χ0) is 20.6. The molecule has 148 valence electrons. The second-order valence-corrected chi connectivity index (χ2v) is 13.1. The largest absolute Gasteiger partial charge is 0.227 e. The van der Waals surface area contributed by atoms with Crippen LogP contribution in [0.2, 0.25) is 0 Å². The molecule has 0 aliphatic heterocycles. The quantitative estimate of drug-likeness (QED) is 0.298. The lowest BCUT2D eigenvalue weighted by Crippen LogP contribution is -2.55. The molecular formula is C20H22Br4O2S. The Morgan fingerprint density at radius 1 is 0.815 bits per heavy atom. The van der Waals surface area contributed by atoms with Gasteiger partial charge in [-0.2, -0.15) is 0 Å². The van der Waals surface area contributed by atoms with Gasteiger partial charge in [0.05, 0.1) is 9.49 Å². The van der Waals surface area contributed by atoms with Gasteiger partial charge in [-0.15, -0.1) is 0 Å². The molecule has 0 saturated heterocycles. The number of hydrogen-bond acceptors (Lipinski definition) is 2. The summed E-state index contributed by atoms with van der Waals surface area (Å²) in [4.78, 5) is 0. The van der Waals surface area contributed by atoms with Crippen molar-refractivity contribution in [2.75, 3.05) is 0 Å². The lowest BCUT2D eigenvalue weighted by molar-refractivity contribution is 0.484. The molecule has 0 saturated carbocycles. The van der Waals surface area contributed by atoms with Crippen LogP contribution in [0.3, 0.4) is 0 Å². The molecule has 2 aliphatic carbocycles. The molecule has 2 nitrogen and oxygen atoms in total. The van der Waals surface area contributed by atoms with Crippen LogP contribution in [0.25, 0.3) is 0 Å². The van der Waals surface area contributed by atoms with E-state index in [-0.39, 0.29) is 11.8 Å². The van der Waals surface area contributed by atoms with Crippen molar-refractivity contribution in [1.29, 1.82) is 0 Å². The Hall–Kier alpha value is 0.310. The van der Waals surface area contributed by atoms with E-state index < -0.39 is 19.3 Å². The molecule has 0 aromatic heterocycles. The molecule has 0 aromatic carbocycles. The van der Waals surface area contributed by atoms with Gasteiger partial charge in [0.1, 0.15) is 0 Å². The van der Waals surface area contributed by atoms with Gasteiger partial charge in [0.25, 0.3) is 0 Å². The van der Waals surface area contributed by atoms with E-state index in [1.54, 1.807) is 26.0 Å². The average molecular weight is 646 g/mol. The second kappa shape index (κ2) is 8.58. The molecule has 2 aliphatic rings. The van der Waals surface area contributed by atoms with Gasteiger partial charge in [0, 0.05) is 29.8 Å². The van der Waals surface area contributed by atoms with Gasteiger partial charge in [-0.25, -0.2) is 8.42 Å². The van der Waals surface area contributed by atoms with Crippen LogP contribution in [0.5, 0.6) is 0 Å². The predicted molar refractivity (Wildman–Crippen MR) is 130 cm³/mol. The molecule has 27 heavy (non-hydrogen) atoms. The van der Waals surface area contributed by atoms with Crippen molar-refractivity contribution < 1.29 is 8.42 Å². The maximum Gasteiger partial charge on any atom is 0.170 e. The van der Waals surface area contributed by atoms with Crippen molar-refractivity contribution in [2.24, 2.45) is 11.8 Å². The highest BCUT2D eigenvalue weighted by Gasteiger charge is 2.57. The summed E-state index contributed by atoms with van der Waals surface area (Å²) in [5.41, 5.74) is 0. The molecule has 0 N–H and O–H groups in total. The Labute approximate surface area is 196 Å². The van der Waals surface area contributed by atoms with Gasteiger partial charge in [0.2, 0.25) is 0 Å². The summed E-state index contributed by atoms with van der Waals surface area (Å²) in [6.07, 6.45) is 14.9. The summed E-state index contributed by atoms with van der Waals surface area (Å²) >= 11 is 14.2. The molecule has 0 amide bonds. The molecule has 0 radical (unpaired) electrons. The first-order valence-corrected chi connectivity index (χ1v) is 13.1. The minimum Gasteiger partial charge on any atom is -0.227 e. The molecule has 4 atom stereocenters. The number of halogens is 4. The second-order valence-electron chi connectivity index (χ2n) is 6.94. The Bertz CT molecular complexity index is 840. The average Bonchev–Trinajstić information content (AvgIpc) is 2.62. The maximum absolute atomic E-state index is 14.2. The molecular weight excluding hydrogens is 624 g/mol. The molecule has 0 fully saturated rings. The minimum atomic E-state index is -3.69. The molecule has 0 aromatic rings. The van der Waals surface area contributed by atoms with Gasteiger partial charge in [-0.3, -0.25) is 0 Å². The monoisotopic (exact) mass is 642 g/mol. The number of allylic oxidation sites excluding steroid dienone is 10. The summed E-state index contributed by atoms with van der Waals surface area (Å²) in [6.45, 7) is 7.41. The smallest absolute Gasteiger partial charge is 0.170 e. The zero-order valence-electron chi connectivity index (χ0n) is 15.5. The van der Waals surface area contributed by atoms with Crippen LogP contribution in [0.4, 0.5) is 0 Å². The first kappa shape index (κ1) is 23.6. The standard InChI is InChI=1S/C20H22Br4O2S/c1-5-7-13-17(23)15(21)9-11-19(13,3)27(25,26)20(4)12-10-16(22)18(24)14(20)8-6-2/h5-14H,1-4H3. The normalized spacial score (nSPS) is 35.1. The summed E-state index contributed by atoms with van der Waals surface area (Å²) in [5.74, 6) is -0.645. The summed E-state index contributed by atoms with van der Waals surface area (Å²) in [6, 6.07) is 0. The topological polar surface area (TPSA) is 34.1 Å². The molecule has 0 heterocycles. The highest BCUT2D eigenvalue weighted by molar-refractivity contribution is 9.14. The maximum atomic E-state index is 14.2. The number of rotatable bonds is 4. The van der Waals surface area contributed by atoms with Crippen LogP contribution < -0.4 is 0 Å². The highest BCUT2D eigenvalue weighted by atomic mass is 79.9. The first-order valence-electron chi connectivity index (χ1n) is 8.46. The van der Waals surface area contributed by atoms with Crippen molar-refractivity contribution in [3.63, 3.8) is 0 Å². The van der Waals surface area contributed by atoms with E-state index >= 15 is 0 Å². The van der Waals surface area contributed by atoms with E-state index in [4.69, 9.17) is 0 Å². The van der Waals surface area contributed by atoms with Crippen LogP contribution in [-0.4, -0.2) is 17.9 Å². The number of sulfone groups is 1. The molecule has 2 rings (SSSR count). The highest BCUT2D eigenvalue weighted by Crippen LogP contribution is 2.52. The van der Waals surface area contributed by atoms with Gasteiger partial charge < -0.3 is 0 Å². The van der Waals surface area contributed by atoms with E-state index in [2.05, 4.69) is 63.7 Å². The van der Waals surface area contributed by atoms with Crippen LogP contribution in [0.1, 0.15) is 27.7 Å². The Morgan fingerprint density at radius 3 is 1.44 bits per heavy atom. The van der Waals surface area contributed by atoms with Crippen LogP contribution >= 0.6 is 63.7 Å². The van der Waals surface area contributed by atoms with Crippen LogP contribution in [0, 0.1) is 11.8 Å². The third kappa shape index (κ3) is 3.76. The fourth-order valence-electron chi connectivity index (χ4n) is 3.57. The third-order valence-electron chi connectivity index (χ3n) is 5.29. The van der Waals surface area contributed by atoms with Gasteiger partial charge in [-0.05, 0) is 71.7 Å². The summed E-state index contributed by atoms with van der Waals surface area (Å²) < 4.78 is 29.5. The van der Waals surface area contributed by atoms with Gasteiger partial charge >= 0.3 is 0 Å². The van der Waals surface area contributed by atoms with E-state index in [0.29, 0.717) is 0 Å². The molecule has 0 bridgehead atoms. The van der Waals surface area contributed by atoms with E-state index in [1.807, 2.05) is 50.3 Å². The van der Waals surface area contributed by atoms with Crippen molar-refractivity contribution >= 4 is 73.6 Å². The Balaban J connectivity index is 2.73. The fraction of sp³-hybridized carbons (Fsp3) is 0.400. The van der Waals surface area contributed by atoms with Gasteiger partial charge in [0.15, 0.2) is 9.84 Å². The number of hydrogen-bond donors (Lipinski definition) is 0. The fourth-order valence-corrected chi connectivity index (χ4v) is 8.65. The van der Waals surface area contributed by atoms with Gasteiger partial charge in [-0.1, -0.05) is 68.3 Å². The summed E-state index contributed by atoms with van der Waals surface area (Å²) in [7, 11) is -3.69. The van der Waals surface area contributed by atoms with E-state index in [0.717, 1.165) is 17.9 Å².